The average molecular weight is 285 g/mol. The van der Waals surface area contributed by atoms with Gasteiger partial charge in [0.1, 0.15) is 0 Å². The number of benzene rings is 1. The highest BCUT2D eigenvalue weighted by molar-refractivity contribution is 9.10. The maximum Gasteiger partial charge on any atom is 0.323 e. The topological polar surface area (TPSA) is 49.4 Å². The molecular weight excluding hydrogens is 280 g/mol. The molecule has 0 unspecified atom stereocenters. The molecule has 1 aliphatic rings. The van der Waals surface area contributed by atoms with Crippen molar-refractivity contribution in [3.63, 3.8) is 0 Å². The van der Waals surface area contributed by atoms with E-state index in [0.717, 1.165) is 4.47 Å². The number of amides is 2. The van der Waals surface area contributed by atoms with E-state index >= 15 is 0 Å². The van der Waals surface area contributed by atoms with Crippen LogP contribution in [0.4, 0.5) is 5.69 Å². The van der Waals surface area contributed by atoms with Crippen LogP contribution in [0.25, 0.3) is 0 Å². The lowest BCUT2D eigenvalue weighted by molar-refractivity contribution is -0.134. The van der Waals surface area contributed by atoms with Gasteiger partial charge in [-0.25, -0.2) is 4.90 Å². The second-order valence-corrected chi connectivity index (χ2v) is 4.18. The van der Waals surface area contributed by atoms with E-state index in [0.29, 0.717) is 5.69 Å². The predicted molar refractivity (Wildman–Crippen MR) is 62.4 cm³/mol. The summed E-state index contributed by atoms with van der Waals surface area (Å²) >= 11 is 8.15. The first-order valence-electron chi connectivity index (χ1n) is 4.04. The van der Waals surface area contributed by atoms with Crippen LogP contribution in [-0.2, 0) is 9.59 Å². The van der Waals surface area contributed by atoms with Crippen molar-refractivity contribution in [3.05, 3.63) is 28.7 Å². The minimum absolute atomic E-state index is 0.118. The lowest BCUT2D eigenvalue weighted by Gasteiger charge is -2.12. The molecule has 0 aromatic heterocycles. The number of hydrogen-bond donors (Lipinski definition) is 1. The van der Waals surface area contributed by atoms with E-state index in [4.69, 9.17) is 12.2 Å². The molecule has 1 aromatic carbocycles. The van der Waals surface area contributed by atoms with Crippen molar-refractivity contribution in [1.29, 1.82) is 0 Å². The van der Waals surface area contributed by atoms with E-state index < -0.39 is 11.8 Å². The summed E-state index contributed by atoms with van der Waals surface area (Å²) in [6.07, 6.45) is 0. The number of thiocarbonyl (C=S) groups is 1. The summed E-state index contributed by atoms with van der Waals surface area (Å²) in [6, 6.07) is 6.95. The summed E-state index contributed by atoms with van der Waals surface area (Å²) in [5.74, 6) is -1.34. The minimum Gasteiger partial charge on any atom is -0.294 e. The maximum absolute atomic E-state index is 11.4. The van der Waals surface area contributed by atoms with E-state index in [1.165, 1.54) is 4.90 Å². The summed E-state index contributed by atoms with van der Waals surface area (Å²) < 4.78 is 0.892. The molecule has 2 rings (SSSR count). The standard InChI is InChI=1S/C9H5BrN2O2S/c10-5-1-3-6(4-2-5)12-8(14)7(13)11-9(12)15/h1-4H,(H,11,13,15). The molecule has 0 radical (unpaired) electrons. The molecule has 1 heterocycles. The molecule has 0 spiro atoms. The summed E-state index contributed by atoms with van der Waals surface area (Å²) in [5.41, 5.74) is 0.576. The summed E-state index contributed by atoms with van der Waals surface area (Å²) in [6.45, 7) is 0. The van der Waals surface area contributed by atoms with Gasteiger partial charge in [0.25, 0.3) is 0 Å². The maximum atomic E-state index is 11.4. The van der Waals surface area contributed by atoms with Crippen molar-refractivity contribution in [3.8, 4) is 0 Å². The highest BCUT2D eigenvalue weighted by Gasteiger charge is 2.34. The van der Waals surface area contributed by atoms with Gasteiger partial charge in [-0.05, 0) is 36.5 Å². The predicted octanol–water partition coefficient (Wildman–Crippen LogP) is 1.20. The van der Waals surface area contributed by atoms with Crippen LogP contribution in [0, 0.1) is 0 Å². The van der Waals surface area contributed by atoms with Gasteiger partial charge in [-0.15, -0.1) is 0 Å². The van der Waals surface area contributed by atoms with Crippen molar-refractivity contribution >= 4 is 50.8 Å². The third-order valence-electron chi connectivity index (χ3n) is 1.91. The molecule has 1 fully saturated rings. The third kappa shape index (κ3) is 1.78. The van der Waals surface area contributed by atoms with Crippen LogP contribution in [0.15, 0.2) is 28.7 Å². The Morgan fingerprint density at radius 3 is 2.27 bits per heavy atom. The molecule has 1 saturated heterocycles. The van der Waals surface area contributed by atoms with Crippen LogP contribution in [0.3, 0.4) is 0 Å². The fourth-order valence-corrected chi connectivity index (χ4v) is 1.77. The molecule has 0 saturated carbocycles. The Balaban J connectivity index is 2.39. The molecule has 2 amide bonds. The van der Waals surface area contributed by atoms with Gasteiger partial charge in [-0.3, -0.25) is 14.9 Å². The molecular formula is C9H5BrN2O2S. The van der Waals surface area contributed by atoms with E-state index in [1.807, 2.05) is 0 Å². The lowest BCUT2D eigenvalue weighted by atomic mass is 10.3. The fraction of sp³-hybridized carbons (Fsp3) is 0. The van der Waals surface area contributed by atoms with Crippen LogP contribution in [-0.4, -0.2) is 16.9 Å². The Morgan fingerprint density at radius 2 is 1.80 bits per heavy atom. The number of carbonyl (C=O) groups is 2. The molecule has 1 aliphatic heterocycles. The second-order valence-electron chi connectivity index (χ2n) is 2.88. The van der Waals surface area contributed by atoms with Gasteiger partial charge >= 0.3 is 11.8 Å². The Bertz CT molecular complexity index is 458. The van der Waals surface area contributed by atoms with Gasteiger partial charge < -0.3 is 0 Å². The number of carbonyl (C=O) groups excluding carboxylic acids is 2. The van der Waals surface area contributed by atoms with Crippen LogP contribution in [0.5, 0.6) is 0 Å². The first-order valence-corrected chi connectivity index (χ1v) is 5.24. The van der Waals surface area contributed by atoms with E-state index in [1.54, 1.807) is 24.3 Å². The van der Waals surface area contributed by atoms with Gasteiger partial charge in [0, 0.05) is 4.47 Å². The minimum atomic E-state index is -0.692. The van der Waals surface area contributed by atoms with Crippen molar-refractivity contribution in [1.82, 2.24) is 5.32 Å². The summed E-state index contributed by atoms with van der Waals surface area (Å²) in [7, 11) is 0. The second kappa shape index (κ2) is 3.71. The van der Waals surface area contributed by atoms with Crippen LogP contribution in [0.2, 0.25) is 0 Å². The normalized spacial score (nSPS) is 15.8. The molecule has 76 valence electrons. The first kappa shape index (κ1) is 10.3. The summed E-state index contributed by atoms with van der Waals surface area (Å²) in [5, 5.41) is 2.40. The van der Waals surface area contributed by atoms with Gasteiger partial charge in [0.05, 0.1) is 5.69 Å². The third-order valence-corrected chi connectivity index (χ3v) is 2.72. The molecule has 0 atom stereocenters. The monoisotopic (exact) mass is 284 g/mol. The molecule has 15 heavy (non-hydrogen) atoms. The van der Waals surface area contributed by atoms with Crippen molar-refractivity contribution in [2.75, 3.05) is 4.90 Å². The van der Waals surface area contributed by atoms with Crippen LogP contribution in [0.1, 0.15) is 0 Å². The zero-order valence-electron chi connectivity index (χ0n) is 7.36. The number of nitrogens with zero attached hydrogens (tertiary/aromatic N) is 1. The fourth-order valence-electron chi connectivity index (χ4n) is 1.22. The van der Waals surface area contributed by atoms with Gasteiger partial charge in [0.2, 0.25) is 0 Å². The Labute approximate surface area is 99.4 Å². The largest absolute Gasteiger partial charge is 0.323 e. The van der Waals surface area contributed by atoms with Crippen molar-refractivity contribution in [2.45, 2.75) is 0 Å². The van der Waals surface area contributed by atoms with E-state index in [-0.39, 0.29) is 5.11 Å². The lowest BCUT2D eigenvalue weighted by Crippen LogP contribution is -2.30. The Morgan fingerprint density at radius 1 is 1.20 bits per heavy atom. The number of hydrogen-bond acceptors (Lipinski definition) is 3. The van der Waals surface area contributed by atoms with E-state index in [9.17, 15) is 9.59 Å². The number of halogens is 1. The van der Waals surface area contributed by atoms with Crippen LogP contribution < -0.4 is 10.2 Å². The SMILES string of the molecule is O=C1NC(=S)N(c2ccc(Br)cc2)C1=O. The molecule has 4 nitrogen and oxygen atoms in total. The Hall–Kier alpha value is -1.27. The Kier molecular flexibility index (Phi) is 2.54. The molecule has 1 N–H and O–H groups in total. The van der Waals surface area contributed by atoms with Gasteiger partial charge in [-0.1, -0.05) is 15.9 Å². The number of anilines is 1. The van der Waals surface area contributed by atoms with Crippen molar-refractivity contribution < 1.29 is 9.59 Å². The molecule has 0 aliphatic carbocycles. The highest BCUT2D eigenvalue weighted by atomic mass is 79.9. The summed E-state index contributed by atoms with van der Waals surface area (Å²) in [4.78, 5) is 23.6. The van der Waals surface area contributed by atoms with Gasteiger partial charge in [-0.2, -0.15) is 0 Å². The molecule has 0 bridgehead atoms. The average Bonchev–Trinajstić information content (AvgIpc) is 2.44. The smallest absolute Gasteiger partial charge is 0.294 e. The van der Waals surface area contributed by atoms with Gasteiger partial charge in [0.15, 0.2) is 5.11 Å². The molecule has 1 aromatic rings. The molecule has 6 heteroatoms. The van der Waals surface area contributed by atoms with Crippen molar-refractivity contribution in [2.24, 2.45) is 0 Å². The van der Waals surface area contributed by atoms with Crippen LogP contribution >= 0.6 is 28.1 Å². The quantitative estimate of drug-likeness (QED) is 0.623. The van der Waals surface area contributed by atoms with E-state index in [2.05, 4.69) is 21.2 Å². The number of rotatable bonds is 1. The zero-order chi connectivity index (χ0) is 11.0. The number of nitrogens with one attached hydrogen (secondary N) is 1. The zero-order valence-corrected chi connectivity index (χ0v) is 9.76. The first-order chi connectivity index (χ1) is 7.09. The highest BCUT2D eigenvalue weighted by Crippen LogP contribution is 2.20.